The van der Waals surface area contributed by atoms with Crippen molar-refractivity contribution >= 4 is 15.7 Å². The smallest absolute Gasteiger partial charge is 0.245 e. The van der Waals surface area contributed by atoms with Gasteiger partial charge in [-0.2, -0.15) is 4.31 Å². The van der Waals surface area contributed by atoms with Crippen LogP contribution in [0, 0.1) is 11.7 Å². The number of nitrogens with two attached hydrogens (primary N) is 1. The van der Waals surface area contributed by atoms with E-state index in [0.717, 1.165) is 31.7 Å². The van der Waals surface area contributed by atoms with Gasteiger partial charge in [-0.1, -0.05) is 25.8 Å². The number of nitrogens with zero attached hydrogens (tertiary/aromatic N) is 1. The van der Waals surface area contributed by atoms with Gasteiger partial charge in [-0.25, -0.2) is 12.8 Å². The van der Waals surface area contributed by atoms with Crippen molar-refractivity contribution in [2.24, 2.45) is 5.92 Å². The van der Waals surface area contributed by atoms with Crippen molar-refractivity contribution < 1.29 is 12.8 Å². The molecule has 4 nitrogen and oxygen atoms in total. The fraction of sp³-hybridized carbons (Fsp3) is 0.571. The second-order valence-electron chi connectivity index (χ2n) is 5.60. The monoisotopic (exact) mass is 300 g/mol. The highest BCUT2D eigenvalue weighted by Crippen LogP contribution is 2.31. The van der Waals surface area contributed by atoms with E-state index in [-0.39, 0.29) is 16.6 Å². The third kappa shape index (κ3) is 2.81. The van der Waals surface area contributed by atoms with E-state index in [1.807, 2.05) is 0 Å². The highest BCUT2D eigenvalue weighted by Gasteiger charge is 2.32. The molecule has 1 fully saturated rings. The van der Waals surface area contributed by atoms with Crippen molar-refractivity contribution in [2.75, 3.05) is 12.8 Å². The first-order chi connectivity index (χ1) is 9.34. The second kappa shape index (κ2) is 5.69. The van der Waals surface area contributed by atoms with E-state index in [1.165, 1.54) is 16.4 Å². The van der Waals surface area contributed by atoms with Gasteiger partial charge < -0.3 is 5.73 Å². The van der Waals surface area contributed by atoms with E-state index < -0.39 is 15.8 Å². The van der Waals surface area contributed by atoms with Crippen molar-refractivity contribution in [1.82, 2.24) is 4.31 Å². The molecule has 1 aromatic rings. The molecule has 0 aromatic heterocycles. The third-order valence-electron chi connectivity index (χ3n) is 4.09. The summed E-state index contributed by atoms with van der Waals surface area (Å²) in [7, 11) is -2.19. The number of benzene rings is 1. The maximum absolute atomic E-state index is 13.5. The minimum atomic E-state index is -3.75. The Bertz CT molecular complexity index is 589. The number of nitrogen functional groups attached to an aromatic ring is 1. The SMILES string of the molecule is CC1CCCC(N(C)S(=O)(=O)c2cccc(F)c2N)C1. The standard InChI is InChI=1S/C14H21FN2O2S/c1-10-5-3-6-11(9-10)17(2)20(18,19)13-8-4-7-12(15)14(13)16/h4,7-8,10-11H,3,5-6,9,16H2,1-2H3. The lowest BCUT2D eigenvalue weighted by Gasteiger charge is -2.33. The number of anilines is 1. The molecule has 6 heteroatoms. The first-order valence-electron chi connectivity index (χ1n) is 6.86. The topological polar surface area (TPSA) is 63.4 Å². The lowest BCUT2D eigenvalue weighted by atomic mass is 9.87. The van der Waals surface area contributed by atoms with E-state index in [1.54, 1.807) is 7.05 Å². The Hall–Kier alpha value is -1.14. The minimum absolute atomic E-state index is 0.0357. The summed E-state index contributed by atoms with van der Waals surface area (Å²) in [5.74, 6) is -0.187. The zero-order chi connectivity index (χ0) is 14.9. The van der Waals surface area contributed by atoms with Crippen LogP contribution in [-0.4, -0.2) is 25.8 Å². The molecule has 0 heterocycles. The average Bonchev–Trinajstić information content (AvgIpc) is 2.40. The molecule has 1 aliphatic carbocycles. The highest BCUT2D eigenvalue weighted by molar-refractivity contribution is 7.89. The Balaban J connectivity index is 2.32. The fourth-order valence-electron chi connectivity index (χ4n) is 2.83. The largest absolute Gasteiger partial charge is 0.395 e. The van der Waals surface area contributed by atoms with Crippen LogP contribution in [-0.2, 0) is 10.0 Å². The molecule has 2 rings (SSSR count). The van der Waals surface area contributed by atoms with Gasteiger partial charge >= 0.3 is 0 Å². The minimum Gasteiger partial charge on any atom is -0.395 e. The van der Waals surface area contributed by atoms with Gasteiger partial charge in [-0.3, -0.25) is 0 Å². The summed E-state index contributed by atoms with van der Waals surface area (Å²) < 4.78 is 40.0. The first-order valence-corrected chi connectivity index (χ1v) is 8.30. The van der Waals surface area contributed by atoms with Crippen molar-refractivity contribution in [3.63, 3.8) is 0 Å². The van der Waals surface area contributed by atoms with Crippen LogP contribution in [0.5, 0.6) is 0 Å². The lowest BCUT2D eigenvalue weighted by molar-refractivity contribution is 0.239. The molecule has 1 aliphatic rings. The molecule has 0 amide bonds. The molecule has 0 saturated heterocycles. The summed E-state index contributed by atoms with van der Waals surface area (Å²) in [6, 6.07) is 3.86. The summed E-state index contributed by atoms with van der Waals surface area (Å²) in [6.07, 6.45) is 3.83. The Morgan fingerprint density at radius 2 is 2.05 bits per heavy atom. The van der Waals surface area contributed by atoms with Crippen molar-refractivity contribution in [3.8, 4) is 0 Å². The zero-order valence-corrected chi connectivity index (χ0v) is 12.7. The highest BCUT2D eigenvalue weighted by atomic mass is 32.2. The van der Waals surface area contributed by atoms with Gasteiger partial charge in [0.1, 0.15) is 10.7 Å². The molecule has 20 heavy (non-hydrogen) atoms. The molecular formula is C14H21FN2O2S. The predicted octanol–water partition coefficient (Wildman–Crippen LogP) is 2.61. The van der Waals surface area contributed by atoms with Gasteiger partial charge in [0.05, 0.1) is 5.69 Å². The van der Waals surface area contributed by atoms with Gasteiger partial charge in [0, 0.05) is 13.1 Å². The molecule has 2 atom stereocenters. The van der Waals surface area contributed by atoms with Gasteiger partial charge in [0.2, 0.25) is 10.0 Å². The van der Waals surface area contributed by atoms with Crippen LogP contribution >= 0.6 is 0 Å². The van der Waals surface area contributed by atoms with Crippen LogP contribution in [0.1, 0.15) is 32.6 Å². The molecule has 0 aliphatic heterocycles. The van der Waals surface area contributed by atoms with Crippen LogP contribution in [0.15, 0.2) is 23.1 Å². The van der Waals surface area contributed by atoms with Crippen molar-refractivity contribution in [3.05, 3.63) is 24.0 Å². The summed E-state index contributed by atoms with van der Waals surface area (Å²) in [5, 5.41) is 0. The van der Waals surface area contributed by atoms with Crippen LogP contribution in [0.25, 0.3) is 0 Å². The first kappa shape index (κ1) is 15.3. The van der Waals surface area contributed by atoms with E-state index in [9.17, 15) is 12.8 Å². The van der Waals surface area contributed by atoms with Gasteiger partial charge in [-0.15, -0.1) is 0 Å². The number of hydrogen-bond donors (Lipinski definition) is 1. The van der Waals surface area contributed by atoms with Crippen LogP contribution in [0.3, 0.4) is 0 Å². The van der Waals surface area contributed by atoms with E-state index in [4.69, 9.17) is 5.73 Å². The van der Waals surface area contributed by atoms with Gasteiger partial charge in [-0.05, 0) is 30.9 Å². The molecular weight excluding hydrogens is 279 g/mol. The predicted molar refractivity (Wildman–Crippen MR) is 77.2 cm³/mol. The zero-order valence-electron chi connectivity index (χ0n) is 11.8. The molecule has 1 aromatic carbocycles. The number of halogens is 1. The summed E-state index contributed by atoms with van der Waals surface area (Å²) >= 11 is 0. The number of para-hydroxylation sites is 1. The Morgan fingerprint density at radius 1 is 1.35 bits per heavy atom. The third-order valence-corrected chi connectivity index (χ3v) is 6.06. The summed E-state index contributed by atoms with van der Waals surface area (Å²) in [6.45, 7) is 2.13. The lowest BCUT2D eigenvalue weighted by Crippen LogP contribution is -2.40. The summed E-state index contributed by atoms with van der Waals surface area (Å²) in [4.78, 5) is -0.141. The number of hydrogen-bond acceptors (Lipinski definition) is 3. The Kier molecular flexibility index (Phi) is 4.34. The molecule has 2 unspecified atom stereocenters. The quantitative estimate of drug-likeness (QED) is 0.873. The normalized spacial score (nSPS) is 24.0. The van der Waals surface area contributed by atoms with Gasteiger partial charge in [0.15, 0.2) is 0 Å². The average molecular weight is 300 g/mol. The van der Waals surface area contributed by atoms with Crippen LogP contribution < -0.4 is 5.73 Å². The summed E-state index contributed by atoms with van der Waals surface area (Å²) in [5.41, 5.74) is 5.28. The van der Waals surface area contributed by atoms with Crippen LogP contribution in [0.4, 0.5) is 10.1 Å². The maximum Gasteiger partial charge on any atom is 0.245 e. The Morgan fingerprint density at radius 3 is 2.70 bits per heavy atom. The molecule has 0 spiro atoms. The fourth-order valence-corrected chi connectivity index (χ4v) is 4.35. The maximum atomic E-state index is 13.5. The van der Waals surface area contributed by atoms with Crippen molar-refractivity contribution in [1.29, 1.82) is 0 Å². The van der Waals surface area contributed by atoms with Gasteiger partial charge in [0.25, 0.3) is 0 Å². The number of rotatable bonds is 3. The number of sulfonamides is 1. The second-order valence-corrected chi connectivity index (χ2v) is 7.56. The van der Waals surface area contributed by atoms with Crippen molar-refractivity contribution in [2.45, 2.75) is 43.5 Å². The van der Waals surface area contributed by atoms with E-state index in [0.29, 0.717) is 5.92 Å². The Labute approximate surface area is 119 Å². The molecule has 0 bridgehead atoms. The van der Waals surface area contributed by atoms with E-state index in [2.05, 4.69) is 6.92 Å². The molecule has 112 valence electrons. The molecule has 1 saturated carbocycles. The van der Waals surface area contributed by atoms with E-state index >= 15 is 0 Å². The molecule has 0 radical (unpaired) electrons. The molecule has 2 N–H and O–H groups in total. The van der Waals surface area contributed by atoms with Crippen LogP contribution in [0.2, 0.25) is 0 Å².